The Balaban J connectivity index is 2.11. The number of amides is 1. The second-order valence-corrected chi connectivity index (χ2v) is 7.24. The first-order valence-corrected chi connectivity index (χ1v) is 9.35. The van der Waals surface area contributed by atoms with E-state index in [1.165, 1.54) is 11.8 Å². The Bertz CT molecular complexity index is 942. The number of thioether (sulfide) groups is 1. The van der Waals surface area contributed by atoms with Gasteiger partial charge in [-0.15, -0.1) is 11.8 Å². The average Bonchev–Trinajstić information content (AvgIpc) is 2.61. The van der Waals surface area contributed by atoms with Crippen molar-refractivity contribution >= 4 is 29.3 Å². The van der Waals surface area contributed by atoms with Gasteiger partial charge in [0.05, 0.1) is 11.1 Å². The number of hydrogen-bond acceptors (Lipinski definition) is 7. The van der Waals surface area contributed by atoms with Crippen LogP contribution in [0.3, 0.4) is 0 Å². The summed E-state index contributed by atoms with van der Waals surface area (Å²) in [4.78, 5) is 20.5. The molecule has 2 aromatic rings. The molecule has 0 bridgehead atoms. The van der Waals surface area contributed by atoms with Gasteiger partial charge in [-0.2, -0.15) is 10.5 Å². The zero-order valence-corrected chi connectivity index (χ0v) is 16.2. The van der Waals surface area contributed by atoms with Crippen molar-refractivity contribution in [1.29, 1.82) is 10.5 Å². The molecule has 0 saturated carbocycles. The number of carbonyl (C=O) groups is 1. The fraction of sp³-hybridized carbons (Fsp3) is 0.316. The number of rotatable bonds is 6. The number of nitriles is 2. The van der Waals surface area contributed by atoms with Gasteiger partial charge in [0.15, 0.2) is 0 Å². The molecule has 0 spiro atoms. The molecular weight excluding hydrogens is 360 g/mol. The van der Waals surface area contributed by atoms with Crippen LogP contribution in [0, 0.1) is 29.6 Å². The molecule has 27 heavy (non-hydrogen) atoms. The van der Waals surface area contributed by atoms with Gasteiger partial charge in [0.2, 0.25) is 5.91 Å². The van der Waals surface area contributed by atoms with E-state index in [1.807, 2.05) is 39.0 Å². The van der Waals surface area contributed by atoms with Crippen molar-refractivity contribution in [1.82, 2.24) is 9.97 Å². The molecule has 0 aromatic carbocycles. The van der Waals surface area contributed by atoms with Gasteiger partial charge in [-0.3, -0.25) is 4.79 Å². The maximum Gasteiger partial charge on any atom is 0.226 e. The van der Waals surface area contributed by atoms with Crippen molar-refractivity contribution in [2.45, 2.75) is 38.1 Å². The monoisotopic (exact) mass is 380 g/mol. The molecule has 0 aliphatic heterocycles. The maximum absolute atomic E-state index is 12.1. The normalized spacial score (nSPS) is 10.3. The first-order chi connectivity index (χ1) is 12.9. The van der Waals surface area contributed by atoms with E-state index in [2.05, 4.69) is 21.4 Å². The number of pyridine rings is 2. The standard InChI is InChI=1S/C19H20N6OS/c1-11(2)17-13(9-20)18(22)25-19(14(17)10-21)27-8-7-16(26)24-15-6-4-5-12(3)23-15/h4-6,11H,7-8H2,1-3H3,(H2,22,25)(H,23,24,26). The van der Waals surface area contributed by atoms with E-state index in [1.54, 1.807) is 6.07 Å². The number of anilines is 2. The summed E-state index contributed by atoms with van der Waals surface area (Å²) in [5.74, 6) is 0.809. The van der Waals surface area contributed by atoms with Gasteiger partial charge in [-0.25, -0.2) is 9.97 Å². The lowest BCUT2D eigenvalue weighted by molar-refractivity contribution is -0.115. The Morgan fingerprint density at radius 2 is 1.96 bits per heavy atom. The van der Waals surface area contributed by atoms with Crippen LogP contribution in [0.5, 0.6) is 0 Å². The van der Waals surface area contributed by atoms with E-state index < -0.39 is 0 Å². The van der Waals surface area contributed by atoms with Crippen molar-refractivity contribution in [2.24, 2.45) is 0 Å². The molecule has 0 atom stereocenters. The van der Waals surface area contributed by atoms with Crippen LogP contribution in [0.25, 0.3) is 0 Å². The minimum atomic E-state index is -0.176. The Kier molecular flexibility index (Phi) is 6.75. The van der Waals surface area contributed by atoms with Crippen LogP contribution in [-0.4, -0.2) is 21.6 Å². The minimum Gasteiger partial charge on any atom is -0.383 e. The number of hydrogen-bond donors (Lipinski definition) is 2. The van der Waals surface area contributed by atoms with E-state index >= 15 is 0 Å². The highest BCUT2D eigenvalue weighted by atomic mass is 32.2. The van der Waals surface area contributed by atoms with Crippen LogP contribution in [0.15, 0.2) is 23.2 Å². The quantitative estimate of drug-likeness (QED) is 0.735. The summed E-state index contributed by atoms with van der Waals surface area (Å²) in [7, 11) is 0. The van der Waals surface area contributed by atoms with Crippen LogP contribution < -0.4 is 11.1 Å². The molecule has 2 rings (SSSR count). The third-order valence-corrected chi connectivity index (χ3v) is 4.73. The number of nitrogens with zero attached hydrogens (tertiary/aromatic N) is 4. The lowest BCUT2D eigenvalue weighted by Gasteiger charge is -2.15. The summed E-state index contributed by atoms with van der Waals surface area (Å²) in [5.41, 5.74) is 7.91. The summed E-state index contributed by atoms with van der Waals surface area (Å²) in [5, 5.41) is 22.1. The third kappa shape index (κ3) is 4.96. The Labute approximate surface area is 162 Å². The molecule has 1 amide bonds. The molecule has 2 aromatic heterocycles. The maximum atomic E-state index is 12.1. The largest absolute Gasteiger partial charge is 0.383 e. The van der Waals surface area contributed by atoms with E-state index in [0.29, 0.717) is 27.7 Å². The molecule has 3 N–H and O–H groups in total. The number of nitrogens with one attached hydrogen (secondary N) is 1. The summed E-state index contributed by atoms with van der Waals surface area (Å²) in [6.45, 7) is 5.64. The predicted octanol–water partition coefficient (Wildman–Crippen LogP) is 3.35. The number of aromatic nitrogens is 2. The lowest BCUT2D eigenvalue weighted by atomic mass is 9.94. The number of nitrogen functional groups attached to an aromatic ring is 1. The van der Waals surface area contributed by atoms with Crippen molar-refractivity contribution in [3.05, 3.63) is 40.6 Å². The van der Waals surface area contributed by atoms with Crippen LogP contribution >= 0.6 is 11.8 Å². The Morgan fingerprint density at radius 3 is 2.56 bits per heavy atom. The summed E-state index contributed by atoms with van der Waals surface area (Å²) < 4.78 is 0. The molecule has 7 nitrogen and oxygen atoms in total. The van der Waals surface area contributed by atoms with Crippen molar-refractivity contribution < 1.29 is 4.79 Å². The number of carbonyl (C=O) groups excluding carboxylic acids is 1. The fourth-order valence-corrected chi connectivity index (χ4v) is 3.51. The van der Waals surface area contributed by atoms with Gasteiger partial charge in [-0.05, 0) is 30.5 Å². The van der Waals surface area contributed by atoms with Gasteiger partial charge in [0.25, 0.3) is 0 Å². The molecule has 0 unspecified atom stereocenters. The number of aryl methyl sites for hydroxylation is 1. The molecule has 0 aliphatic rings. The molecule has 0 saturated heterocycles. The van der Waals surface area contributed by atoms with Gasteiger partial charge in [0.1, 0.15) is 28.8 Å². The summed E-state index contributed by atoms with van der Waals surface area (Å²) >= 11 is 1.27. The van der Waals surface area contributed by atoms with Crippen LogP contribution in [0.2, 0.25) is 0 Å². The summed E-state index contributed by atoms with van der Waals surface area (Å²) in [6, 6.07) is 9.56. The average molecular weight is 380 g/mol. The van der Waals surface area contributed by atoms with Gasteiger partial charge in [0, 0.05) is 17.9 Å². The molecule has 0 radical (unpaired) electrons. The topological polar surface area (TPSA) is 128 Å². The minimum absolute atomic E-state index is 0.0466. The smallest absolute Gasteiger partial charge is 0.226 e. The molecule has 138 valence electrons. The number of nitrogens with two attached hydrogens (primary N) is 1. The van der Waals surface area contributed by atoms with Crippen molar-refractivity contribution in [3.63, 3.8) is 0 Å². The SMILES string of the molecule is Cc1cccc(NC(=O)CCSc2nc(N)c(C#N)c(C(C)C)c2C#N)n1. The molecule has 8 heteroatoms. The predicted molar refractivity (Wildman–Crippen MR) is 105 cm³/mol. The van der Waals surface area contributed by atoms with E-state index in [9.17, 15) is 15.3 Å². The highest BCUT2D eigenvalue weighted by Crippen LogP contribution is 2.33. The third-order valence-electron chi connectivity index (χ3n) is 3.76. The van der Waals surface area contributed by atoms with Crippen molar-refractivity contribution in [3.8, 4) is 12.1 Å². The second kappa shape index (κ2) is 9.02. The highest BCUT2D eigenvalue weighted by molar-refractivity contribution is 7.99. The summed E-state index contributed by atoms with van der Waals surface area (Å²) in [6.07, 6.45) is 0.226. The molecular formula is C19H20N6OS. The van der Waals surface area contributed by atoms with E-state index in [4.69, 9.17) is 5.73 Å². The van der Waals surface area contributed by atoms with E-state index in [0.717, 1.165) is 5.69 Å². The molecule has 2 heterocycles. The highest BCUT2D eigenvalue weighted by Gasteiger charge is 2.21. The first-order valence-electron chi connectivity index (χ1n) is 8.37. The second-order valence-electron chi connectivity index (χ2n) is 6.16. The van der Waals surface area contributed by atoms with Gasteiger partial charge in [-0.1, -0.05) is 19.9 Å². The molecule has 0 aliphatic carbocycles. The van der Waals surface area contributed by atoms with Crippen LogP contribution in [0.1, 0.15) is 48.6 Å². The molecule has 0 fully saturated rings. The van der Waals surface area contributed by atoms with Gasteiger partial charge >= 0.3 is 0 Å². The first kappa shape index (κ1) is 20.2. The van der Waals surface area contributed by atoms with Gasteiger partial charge < -0.3 is 11.1 Å². The van der Waals surface area contributed by atoms with Crippen LogP contribution in [0.4, 0.5) is 11.6 Å². The Morgan fingerprint density at radius 1 is 1.26 bits per heavy atom. The van der Waals surface area contributed by atoms with Crippen molar-refractivity contribution in [2.75, 3.05) is 16.8 Å². The fourth-order valence-electron chi connectivity index (χ4n) is 2.57. The Hall–Kier alpha value is -3.10. The van der Waals surface area contributed by atoms with Crippen LogP contribution in [-0.2, 0) is 4.79 Å². The lowest BCUT2D eigenvalue weighted by Crippen LogP contribution is -2.13. The van der Waals surface area contributed by atoms with E-state index in [-0.39, 0.29) is 29.6 Å². The zero-order valence-electron chi connectivity index (χ0n) is 15.4. The zero-order chi connectivity index (χ0) is 20.0.